The molecular formula is C15H22N2OS. The predicted octanol–water partition coefficient (Wildman–Crippen LogP) is 2.25. The lowest BCUT2D eigenvalue weighted by Crippen LogP contribution is -2.42. The lowest BCUT2D eigenvalue weighted by atomic mass is 10.2. The number of nitrogens with one attached hydrogen (secondary N) is 1. The maximum Gasteiger partial charge on any atom is 0.230 e. The molecule has 1 aliphatic carbocycles. The van der Waals surface area contributed by atoms with Crippen molar-refractivity contribution in [3.8, 4) is 0 Å². The fraction of sp³-hybridized carbons (Fsp3) is 0.533. The van der Waals surface area contributed by atoms with E-state index >= 15 is 0 Å². The van der Waals surface area contributed by atoms with Crippen LogP contribution in [-0.4, -0.2) is 24.2 Å². The van der Waals surface area contributed by atoms with E-state index in [1.165, 1.54) is 28.9 Å². The third kappa shape index (κ3) is 4.25. The van der Waals surface area contributed by atoms with Gasteiger partial charge in [0.05, 0.1) is 5.75 Å². The largest absolute Gasteiger partial charge is 0.351 e. The van der Waals surface area contributed by atoms with Gasteiger partial charge in [-0.3, -0.25) is 4.79 Å². The van der Waals surface area contributed by atoms with Gasteiger partial charge in [0, 0.05) is 17.5 Å². The van der Waals surface area contributed by atoms with Gasteiger partial charge in [0.1, 0.15) is 0 Å². The molecule has 1 aromatic carbocycles. The Morgan fingerprint density at radius 2 is 2.21 bits per heavy atom. The second-order valence-electron chi connectivity index (χ2n) is 5.30. The van der Waals surface area contributed by atoms with Gasteiger partial charge in [-0.2, -0.15) is 0 Å². The first-order valence-electron chi connectivity index (χ1n) is 6.79. The van der Waals surface area contributed by atoms with Crippen molar-refractivity contribution >= 4 is 17.7 Å². The first-order chi connectivity index (χ1) is 9.10. The highest BCUT2D eigenvalue weighted by Gasteiger charge is 2.31. The lowest BCUT2D eigenvalue weighted by Gasteiger charge is -2.16. The Morgan fingerprint density at radius 1 is 1.47 bits per heavy atom. The fourth-order valence-electron chi connectivity index (χ4n) is 2.12. The Bertz CT molecular complexity index is 457. The SMILES string of the molecule is Cc1ccc(C)c(SCC(=O)NC(CN)C2CC2)c1. The molecule has 0 bridgehead atoms. The Hall–Kier alpha value is -1.00. The highest BCUT2D eigenvalue weighted by molar-refractivity contribution is 8.00. The van der Waals surface area contributed by atoms with E-state index in [1.54, 1.807) is 11.8 Å². The van der Waals surface area contributed by atoms with Gasteiger partial charge in [-0.25, -0.2) is 0 Å². The summed E-state index contributed by atoms with van der Waals surface area (Å²) in [5.74, 6) is 1.17. The zero-order chi connectivity index (χ0) is 13.8. The molecule has 1 aliphatic rings. The molecule has 0 radical (unpaired) electrons. The number of aryl methyl sites for hydroxylation is 2. The van der Waals surface area contributed by atoms with Gasteiger partial charge < -0.3 is 11.1 Å². The highest BCUT2D eigenvalue weighted by atomic mass is 32.2. The minimum atomic E-state index is 0.0910. The van der Waals surface area contributed by atoms with Crippen LogP contribution < -0.4 is 11.1 Å². The van der Waals surface area contributed by atoms with Crippen LogP contribution in [0.2, 0.25) is 0 Å². The fourth-order valence-corrected chi connectivity index (χ4v) is 3.06. The molecule has 0 spiro atoms. The van der Waals surface area contributed by atoms with Crippen LogP contribution >= 0.6 is 11.8 Å². The summed E-state index contributed by atoms with van der Waals surface area (Å²) in [6, 6.07) is 6.50. The van der Waals surface area contributed by atoms with Crippen molar-refractivity contribution in [1.29, 1.82) is 0 Å². The number of hydrogen-bond donors (Lipinski definition) is 2. The molecule has 3 N–H and O–H groups in total. The van der Waals surface area contributed by atoms with E-state index in [4.69, 9.17) is 5.73 Å². The molecule has 0 heterocycles. The zero-order valence-electron chi connectivity index (χ0n) is 11.6. The van der Waals surface area contributed by atoms with Crippen LogP contribution in [0, 0.1) is 19.8 Å². The molecule has 1 saturated carbocycles. The zero-order valence-corrected chi connectivity index (χ0v) is 12.4. The number of rotatable bonds is 6. The first-order valence-corrected chi connectivity index (χ1v) is 7.78. The van der Waals surface area contributed by atoms with Gasteiger partial charge in [0.25, 0.3) is 0 Å². The second-order valence-corrected chi connectivity index (χ2v) is 6.32. The highest BCUT2D eigenvalue weighted by Crippen LogP contribution is 2.32. The average molecular weight is 278 g/mol. The van der Waals surface area contributed by atoms with Gasteiger partial charge in [0.15, 0.2) is 0 Å². The quantitative estimate of drug-likeness (QED) is 0.785. The number of amides is 1. The van der Waals surface area contributed by atoms with Crippen LogP contribution in [0.1, 0.15) is 24.0 Å². The van der Waals surface area contributed by atoms with Crippen molar-refractivity contribution in [3.05, 3.63) is 29.3 Å². The molecule has 3 nitrogen and oxygen atoms in total. The van der Waals surface area contributed by atoms with Crippen LogP contribution in [-0.2, 0) is 4.79 Å². The minimum absolute atomic E-state index is 0.0910. The number of thioether (sulfide) groups is 1. The second kappa shape index (κ2) is 6.44. The van der Waals surface area contributed by atoms with Crippen LogP contribution in [0.5, 0.6) is 0 Å². The number of hydrogen-bond acceptors (Lipinski definition) is 3. The Morgan fingerprint density at radius 3 is 2.84 bits per heavy atom. The average Bonchev–Trinajstić information content (AvgIpc) is 3.21. The molecule has 1 atom stereocenters. The lowest BCUT2D eigenvalue weighted by molar-refractivity contribution is -0.119. The third-order valence-electron chi connectivity index (χ3n) is 3.49. The standard InChI is InChI=1S/C15H22N2OS/c1-10-3-4-11(2)14(7-10)19-9-15(18)17-13(8-16)12-5-6-12/h3-4,7,12-13H,5-6,8-9,16H2,1-2H3,(H,17,18). The van der Waals surface area contributed by atoms with Gasteiger partial charge in [-0.1, -0.05) is 17.7 Å². The summed E-state index contributed by atoms with van der Waals surface area (Å²) in [4.78, 5) is 13.1. The maximum atomic E-state index is 11.9. The van der Waals surface area contributed by atoms with E-state index in [2.05, 4.69) is 37.4 Å². The van der Waals surface area contributed by atoms with Gasteiger partial charge in [0.2, 0.25) is 5.91 Å². The smallest absolute Gasteiger partial charge is 0.230 e. The van der Waals surface area contributed by atoms with E-state index in [-0.39, 0.29) is 11.9 Å². The molecule has 1 unspecified atom stereocenters. The monoisotopic (exact) mass is 278 g/mol. The molecule has 104 valence electrons. The third-order valence-corrected chi connectivity index (χ3v) is 4.65. The predicted molar refractivity (Wildman–Crippen MR) is 80.3 cm³/mol. The Kier molecular flexibility index (Phi) is 4.88. The number of carbonyl (C=O) groups excluding carboxylic acids is 1. The summed E-state index contributed by atoms with van der Waals surface area (Å²) >= 11 is 1.60. The molecule has 1 aromatic rings. The first kappa shape index (κ1) is 14.4. The van der Waals surface area contributed by atoms with Crippen molar-refractivity contribution < 1.29 is 4.79 Å². The summed E-state index contributed by atoms with van der Waals surface area (Å²) in [5.41, 5.74) is 8.14. The molecule has 1 amide bonds. The van der Waals surface area contributed by atoms with Gasteiger partial charge in [-0.15, -0.1) is 11.8 Å². The molecule has 2 rings (SSSR count). The molecule has 0 aliphatic heterocycles. The Labute approximate surface area is 119 Å². The minimum Gasteiger partial charge on any atom is -0.351 e. The number of carbonyl (C=O) groups is 1. The van der Waals surface area contributed by atoms with E-state index < -0.39 is 0 Å². The van der Waals surface area contributed by atoms with Gasteiger partial charge in [-0.05, 0) is 44.2 Å². The van der Waals surface area contributed by atoms with Crippen molar-refractivity contribution in [2.45, 2.75) is 37.6 Å². The maximum absolute atomic E-state index is 11.9. The van der Waals surface area contributed by atoms with Crippen molar-refractivity contribution in [3.63, 3.8) is 0 Å². The van der Waals surface area contributed by atoms with Crippen LogP contribution in [0.4, 0.5) is 0 Å². The van der Waals surface area contributed by atoms with Crippen LogP contribution in [0.25, 0.3) is 0 Å². The van der Waals surface area contributed by atoms with Crippen molar-refractivity contribution in [1.82, 2.24) is 5.32 Å². The molecule has 1 fully saturated rings. The topological polar surface area (TPSA) is 55.1 Å². The van der Waals surface area contributed by atoms with Crippen LogP contribution in [0.15, 0.2) is 23.1 Å². The molecular weight excluding hydrogens is 256 g/mol. The normalized spacial score (nSPS) is 16.2. The number of benzene rings is 1. The van der Waals surface area contributed by atoms with Gasteiger partial charge >= 0.3 is 0 Å². The molecule has 0 aromatic heterocycles. The van der Waals surface area contributed by atoms with Crippen molar-refractivity contribution in [2.24, 2.45) is 11.7 Å². The summed E-state index contributed by atoms with van der Waals surface area (Å²) in [6.07, 6.45) is 2.40. The molecule has 0 saturated heterocycles. The van der Waals surface area contributed by atoms with Crippen molar-refractivity contribution in [2.75, 3.05) is 12.3 Å². The van der Waals surface area contributed by atoms with E-state index in [9.17, 15) is 4.79 Å². The summed E-state index contributed by atoms with van der Waals surface area (Å²) in [7, 11) is 0. The Balaban J connectivity index is 1.84. The van der Waals surface area contributed by atoms with Crippen LogP contribution in [0.3, 0.4) is 0 Å². The van der Waals surface area contributed by atoms with E-state index in [1.807, 2.05) is 0 Å². The number of nitrogens with two attached hydrogens (primary N) is 1. The van der Waals surface area contributed by atoms with E-state index in [0.29, 0.717) is 18.2 Å². The molecule has 19 heavy (non-hydrogen) atoms. The molecule has 4 heteroatoms. The summed E-state index contributed by atoms with van der Waals surface area (Å²) < 4.78 is 0. The van der Waals surface area contributed by atoms with E-state index in [0.717, 1.165) is 0 Å². The summed E-state index contributed by atoms with van der Waals surface area (Å²) in [5, 5.41) is 3.05. The summed E-state index contributed by atoms with van der Waals surface area (Å²) in [6.45, 7) is 4.69.